The van der Waals surface area contributed by atoms with E-state index in [1.54, 1.807) is 0 Å². The van der Waals surface area contributed by atoms with Crippen LogP contribution < -0.4 is 0 Å². The molecule has 1 aliphatic rings. The van der Waals surface area contributed by atoms with Crippen LogP contribution >= 0.6 is 0 Å². The van der Waals surface area contributed by atoms with Crippen LogP contribution in [0.4, 0.5) is 0 Å². The van der Waals surface area contributed by atoms with Crippen molar-refractivity contribution in [2.75, 3.05) is 33.0 Å². The van der Waals surface area contributed by atoms with E-state index in [-0.39, 0.29) is 31.0 Å². The van der Waals surface area contributed by atoms with E-state index in [4.69, 9.17) is 18.9 Å². The number of aliphatic hydroxyl groups excluding tert-OH is 1. The molecule has 0 amide bonds. The van der Waals surface area contributed by atoms with Crippen LogP contribution in [0.5, 0.6) is 0 Å². The van der Waals surface area contributed by atoms with Crippen molar-refractivity contribution in [1.82, 2.24) is 0 Å². The molecule has 1 saturated heterocycles. The molecule has 4 atom stereocenters. The number of allylic oxidation sites excluding steroid dienone is 12. The molecule has 0 bridgehead atoms. The summed E-state index contributed by atoms with van der Waals surface area (Å²) in [5.74, 6) is 0. The average Bonchev–Trinajstić information content (AvgIpc) is 3.72. The molecule has 1 N–H and O–H groups in total. The highest BCUT2D eigenvalue weighted by atomic mass is 16.6. The minimum Gasteiger partial charge on any atom is -0.394 e. The Morgan fingerprint density at radius 2 is 0.723 bits per heavy atom. The van der Waals surface area contributed by atoms with E-state index >= 15 is 0 Å². The molecule has 65 heavy (non-hydrogen) atoms. The van der Waals surface area contributed by atoms with E-state index < -0.39 is 0 Å². The van der Waals surface area contributed by atoms with Gasteiger partial charge in [-0.1, -0.05) is 209 Å². The lowest BCUT2D eigenvalue weighted by Crippen LogP contribution is -2.44. The van der Waals surface area contributed by atoms with Crippen molar-refractivity contribution in [3.8, 4) is 0 Å². The molecule has 0 radical (unpaired) electrons. The Balaban J connectivity index is 2.37. The van der Waals surface area contributed by atoms with E-state index in [9.17, 15) is 5.11 Å². The molecule has 1 unspecified atom stereocenters. The molecule has 0 spiro atoms. The minimum absolute atomic E-state index is 0.0592. The Morgan fingerprint density at radius 1 is 0.400 bits per heavy atom. The predicted octanol–water partition coefficient (Wildman–Crippen LogP) is 18.0. The zero-order valence-electron chi connectivity index (χ0n) is 43.3. The number of unbranched alkanes of at least 4 members (excludes halogenated alkanes) is 27. The quantitative estimate of drug-likeness (QED) is 0.0487. The molecule has 1 aliphatic heterocycles. The van der Waals surface area contributed by atoms with Crippen LogP contribution in [-0.2, 0) is 18.9 Å². The summed E-state index contributed by atoms with van der Waals surface area (Å²) in [4.78, 5) is 0. The van der Waals surface area contributed by atoms with E-state index in [2.05, 4.69) is 93.7 Å². The zero-order chi connectivity index (χ0) is 46.6. The van der Waals surface area contributed by atoms with Gasteiger partial charge in [0, 0.05) is 19.8 Å². The van der Waals surface area contributed by atoms with Crippen LogP contribution in [0.3, 0.4) is 0 Å². The highest BCUT2D eigenvalue weighted by Gasteiger charge is 2.43. The highest BCUT2D eigenvalue weighted by Crippen LogP contribution is 2.26. The van der Waals surface area contributed by atoms with Gasteiger partial charge in [-0.15, -0.1) is 0 Å². The molecule has 1 heterocycles. The second-order valence-corrected chi connectivity index (χ2v) is 18.9. The summed E-state index contributed by atoms with van der Waals surface area (Å²) in [5, 5.41) is 10.5. The third-order valence-corrected chi connectivity index (χ3v) is 12.7. The van der Waals surface area contributed by atoms with Crippen molar-refractivity contribution in [2.24, 2.45) is 0 Å². The van der Waals surface area contributed by atoms with Gasteiger partial charge < -0.3 is 24.1 Å². The second-order valence-electron chi connectivity index (χ2n) is 18.9. The predicted molar refractivity (Wildman–Crippen MR) is 284 cm³/mol. The monoisotopic (exact) mass is 909 g/mol. The summed E-state index contributed by atoms with van der Waals surface area (Å²) < 4.78 is 25.7. The first kappa shape index (κ1) is 61.3. The Labute approximate surface area is 404 Å². The first-order chi connectivity index (χ1) is 32.3. The third-order valence-electron chi connectivity index (χ3n) is 12.7. The molecule has 0 aliphatic carbocycles. The van der Waals surface area contributed by atoms with E-state index in [1.165, 1.54) is 186 Å². The lowest BCUT2D eigenvalue weighted by Gasteiger charge is -2.28. The molecule has 5 nitrogen and oxygen atoms in total. The Hall–Kier alpha value is -1.76. The summed E-state index contributed by atoms with van der Waals surface area (Å²) in [7, 11) is 0. The van der Waals surface area contributed by atoms with Crippen molar-refractivity contribution in [2.45, 2.75) is 276 Å². The fourth-order valence-electron chi connectivity index (χ4n) is 8.48. The molecule has 0 aromatic carbocycles. The van der Waals surface area contributed by atoms with Crippen LogP contribution in [0.2, 0.25) is 0 Å². The minimum atomic E-state index is -0.385. The van der Waals surface area contributed by atoms with E-state index in [0.29, 0.717) is 19.8 Å². The molecule has 1 rings (SSSR count). The van der Waals surface area contributed by atoms with Gasteiger partial charge >= 0.3 is 0 Å². The number of aliphatic hydroxyl groups is 1. The fraction of sp³-hybridized carbons (Fsp3) is 0.800. The summed E-state index contributed by atoms with van der Waals surface area (Å²) in [6.07, 6.45) is 71.4. The van der Waals surface area contributed by atoms with Crippen molar-refractivity contribution in [3.05, 3.63) is 72.9 Å². The molecule has 0 aromatic rings. The van der Waals surface area contributed by atoms with Gasteiger partial charge in [0.1, 0.15) is 24.4 Å². The van der Waals surface area contributed by atoms with Crippen molar-refractivity contribution in [1.29, 1.82) is 0 Å². The maximum atomic E-state index is 10.5. The SMILES string of the molecule is CCCCC/C=C\C/C=C\CCCCCCCCOC(CO)[C@H]1OC[C@H](OCCCCCCCC/C=C\C/C=C\CCCCC)[C@H]1OCCCCCCCC/C=C\C/C=C\CCCCC. The van der Waals surface area contributed by atoms with Crippen molar-refractivity contribution < 1.29 is 24.1 Å². The Kier molecular flexibility index (Phi) is 48.7. The normalized spacial score (nSPS) is 17.6. The van der Waals surface area contributed by atoms with Gasteiger partial charge in [0.05, 0.1) is 13.2 Å². The highest BCUT2D eigenvalue weighted by molar-refractivity contribution is 4.95. The molecule has 0 saturated carbocycles. The van der Waals surface area contributed by atoms with Gasteiger partial charge in [-0.3, -0.25) is 0 Å². The van der Waals surface area contributed by atoms with Crippen LogP contribution in [-0.4, -0.2) is 62.6 Å². The summed E-state index contributed by atoms with van der Waals surface area (Å²) in [6, 6.07) is 0. The lowest BCUT2D eigenvalue weighted by atomic mass is 10.1. The second kappa shape index (κ2) is 51.6. The number of hydrogen-bond acceptors (Lipinski definition) is 5. The van der Waals surface area contributed by atoms with Gasteiger partial charge in [-0.2, -0.15) is 0 Å². The number of rotatable bonds is 50. The van der Waals surface area contributed by atoms with E-state index in [0.717, 1.165) is 51.6 Å². The fourth-order valence-corrected chi connectivity index (χ4v) is 8.48. The molecule has 0 aromatic heterocycles. The molecular weight excluding hydrogens is 801 g/mol. The largest absolute Gasteiger partial charge is 0.394 e. The summed E-state index contributed by atoms with van der Waals surface area (Å²) in [6.45, 7) is 9.32. The molecule has 1 fully saturated rings. The van der Waals surface area contributed by atoms with Gasteiger partial charge in [-0.05, 0) is 116 Å². The average molecular weight is 910 g/mol. The third kappa shape index (κ3) is 41.0. The van der Waals surface area contributed by atoms with Crippen LogP contribution in [0.1, 0.15) is 252 Å². The maximum absolute atomic E-state index is 10.5. The van der Waals surface area contributed by atoms with Gasteiger partial charge in [0.25, 0.3) is 0 Å². The van der Waals surface area contributed by atoms with Crippen molar-refractivity contribution >= 4 is 0 Å². The Bertz CT molecular complexity index is 1120. The summed E-state index contributed by atoms with van der Waals surface area (Å²) >= 11 is 0. The lowest BCUT2D eigenvalue weighted by molar-refractivity contribution is -0.122. The van der Waals surface area contributed by atoms with Gasteiger partial charge in [0.2, 0.25) is 0 Å². The first-order valence-electron chi connectivity index (χ1n) is 28.3. The number of ether oxygens (including phenoxy) is 4. The molecule has 378 valence electrons. The standard InChI is InChI=1S/C60H108O5/c1-4-7-10-13-16-19-22-25-28-31-34-37-40-43-46-49-52-62-57(55-61)59-60(64-54-51-48-45-42-39-36-33-30-27-24-21-18-15-12-9-6-3)58(56-65-59)63-53-50-47-44-41-38-35-32-29-26-23-20-17-14-11-8-5-2/h16-21,25-30,57-61H,4-15,22-24,31-56H2,1-3H3/b19-16-,20-17-,21-18-,28-25-,29-26-,30-27-/t57?,58-,59+,60+/m0/s1. The van der Waals surface area contributed by atoms with Crippen LogP contribution in [0.25, 0.3) is 0 Å². The molecule has 5 heteroatoms. The van der Waals surface area contributed by atoms with Gasteiger partial charge in [0.15, 0.2) is 0 Å². The van der Waals surface area contributed by atoms with Crippen LogP contribution in [0.15, 0.2) is 72.9 Å². The topological polar surface area (TPSA) is 57.2 Å². The Morgan fingerprint density at radius 3 is 1.09 bits per heavy atom. The van der Waals surface area contributed by atoms with E-state index in [1.807, 2.05) is 0 Å². The van der Waals surface area contributed by atoms with Crippen molar-refractivity contribution in [3.63, 3.8) is 0 Å². The smallest absolute Gasteiger partial charge is 0.115 e. The zero-order valence-corrected chi connectivity index (χ0v) is 43.3. The van der Waals surface area contributed by atoms with Gasteiger partial charge in [-0.25, -0.2) is 0 Å². The summed E-state index contributed by atoms with van der Waals surface area (Å²) in [5.41, 5.74) is 0. The number of hydrogen-bond donors (Lipinski definition) is 1. The first-order valence-corrected chi connectivity index (χ1v) is 28.3. The van der Waals surface area contributed by atoms with Crippen LogP contribution in [0, 0.1) is 0 Å². The maximum Gasteiger partial charge on any atom is 0.115 e. The molecular formula is C60H108O5.